The van der Waals surface area contributed by atoms with Gasteiger partial charge >= 0.3 is 0 Å². The van der Waals surface area contributed by atoms with Crippen LogP contribution >= 0.6 is 0 Å². The Balaban J connectivity index is 2.17. The van der Waals surface area contributed by atoms with E-state index in [0.717, 1.165) is 13.1 Å². The standard InChI is InChI=1S/C13H22N4/c1-16(2)9-11-4-3-7-17(11)10-5-6-12(14)13(15)8-10/h5-6,8,11H,3-4,7,9,14-15H2,1-2H3. The van der Waals surface area contributed by atoms with Gasteiger partial charge in [-0.1, -0.05) is 0 Å². The molecule has 1 fully saturated rings. The number of nitrogen functional groups attached to an aromatic ring is 2. The molecule has 4 N–H and O–H groups in total. The van der Waals surface area contributed by atoms with Crippen LogP contribution in [-0.2, 0) is 0 Å². The molecule has 1 unspecified atom stereocenters. The van der Waals surface area contributed by atoms with Crippen LogP contribution in [-0.4, -0.2) is 38.1 Å². The first-order chi connectivity index (χ1) is 8.08. The molecule has 0 saturated carbocycles. The molecular formula is C13H22N4. The lowest BCUT2D eigenvalue weighted by Gasteiger charge is -2.29. The van der Waals surface area contributed by atoms with Crippen LogP contribution in [0.5, 0.6) is 0 Å². The van der Waals surface area contributed by atoms with Gasteiger partial charge in [0.1, 0.15) is 0 Å². The van der Waals surface area contributed by atoms with Gasteiger partial charge in [-0.2, -0.15) is 0 Å². The summed E-state index contributed by atoms with van der Waals surface area (Å²) in [6.07, 6.45) is 2.51. The van der Waals surface area contributed by atoms with E-state index in [9.17, 15) is 0 Å². The van der Waals surface area contributed by atoms with Gasteiger partial charge < -0.3 is 21.3 Å². The molecule has 0 bridgehead atoms. The van der Waals surface area contributed by atoms with Crippen molar-refractivity contribution in [2.24, 2.45) is 0 Å². The van der Waals surface area contributed by atoms with E-state index in [0.29, 0.717) is 17.4 Å². The Kier molecular flexibility index (Phi) is 3.43. The largest absolute Gasteiger partial charge is 0.397 e. The molecule has 0 radical (unpaired) electrons. The van der Waals surface area contributed by atoms with Crippen molar-refractivity contribution in [2.75, 3.05) is 43.6 Å². The van der Waals surface area contributed by atoms with Gasteiger partial charge in [0.2, 0.25) is 0 Å². The van der Waals surface area contributed by atoms with E-state index in [1.54, 1.807) is 0 Å². The van der Waals surface area contributed by atoms with Crippen molar-refractivity contribution in [3.8, 4) is 0 Å². The first-order valence-electron chi connectivity index (χ1n) is 6.14. The Labute approximate surface area is 103 Å². The maximum absolute atomic E-state index is 5.87. The molecule has 17 heavy (non-hydrogen) atoms. The van der Waals surface area contributed by atoms with E-state index in [-0.39, 0.29) is 0 Å². The quantitative estimate of drug-likeness (QED) is 0.776. The predicted molar refractivity (Wildman–Crippen MR) is 74.2 cm³/mol. The average molecular weight is 234 g/mol. The molecule has 1 aliphatic rings. The van der Waals surface area contributed by atoms with Crippen molar-refractivity contribution in [3.63, 3.8) is 0 Å². The normalized spacial score (nSPS) is 20.2. The summed E-state index contributed by atoms with van der Waals surface area (Å²) in [4.78, 5) is 4.68. The molecular weight excluding hydrogens is 212 g/mol. The first kappa shape index (κ1) is 12.0. The van der Waals surface area contributed by atoms with E-state index in [1.165, 1.54) is 18.5 Å². The summed E-state index contributed by atoms with van der Waals surface area (Å²) in [5.41, 5.74) is 14.2. The molecule has 0 spiro atoms. The molecule has 0 aliphatic carbocycles. The second kappa shape index (κ2) is 4.84. The lowest BCUT2D eigenvalue weighted by molar-refractivity contribution is 0.372. The summed E-state index contributed by atoms with van der Waals surface area (Å²) >= 11 is 0. The molecule has 94 valence electrons. The van der Waals surface area contributed by atoms with Crippen LogP contribution in [0, 0.1) is 0 Å². The van der Waals surface area contributed by atoms with Crippen LogP contribution in [0.3, 0.4) is 0 Å². The van der Waals surface area contributed by atoms with Gasteiger partial charge in [-0.3, -0.25) is 0 Å². The Bertz CT molecular complexity index is 389. The van der Waals surface area contributed by atoms with Crippen molar-refractivity contribution < 1.29 is 0 Å². The van der Waals surface area contributed by atoms with Gasteiger partial charge in [0.05, 0.1) is 11.4 Å². The summed E-state index contributed by atoms with van der Waals surface area (Å²) < 4.78 is 0. The third-order valence-corrected chi connectivity index (χ3v) is 3.36. The minimum absolute atomic E-state index is 0.591. The zero-order valence-electron chi connectivity index (χ0n) is 10.7. The van der Waals surface area contributed by atoms with Crippen LogP contribution in [0.1, 0.15) is 12.8 Å². The zero-order valence-corrected chi connectivity index (χ0v) is 10.7. The number of benzene rings is 1. The van der Waals surface area contributed by atoms with Crippen molar-refractivity contribution in [2.45, 2.75) is 18.9 Å². The van der Waals surface area contributed by atoms with Crippen LogP contribution < -0.4 is 16.4 Å². The van der Waals surface area contributed by atoms with E-state index < -0.39 is 0 Å². The second-order valence-electron chi connectivity index (χ2n) is 5.06. The van der Waals surface area contributed by atoms with Gasteiger partial charge in [-0.05, 0) is 45.1 Å². The highest BCUT2D eigenvalue weighted by molar-refractivity contribution is 5.70. The Morgan fingerprint density at radius 1 is 1.29 bits per heavy atom. The highest BCUT2D eigenvalue weighted by Gasteiger charge is 2.25. The Morgan fingerprint density at radius 2 is 2.06 bits per heavy atom. The van der Waals surface area contributed by atoms with Crippen LogP contribution in [0.25, 0.3) is 0 Å². The fraction of sp³-hybridized carbons (Fsp3) is 0.538. The molecule has 1 aromatic carbocycles. The van der Waals surface area contributed by atoms with Gasteiger partial charge in [0.25, 0.3) is 0 Å². The Hall–Kier alpha value is -1.42. The van der Waals surface area contributed by atoms with Gasteiger partial charge in [0, 0.05) is 24.8 Å². The molecule has 0 amide bonds. The number of nitrogens with two attached hydrogens (primary N) is 2. The number of hydrogen-bond acceptors (Lipinski definition) is 4. The van der Waals surface area contributed by atoms with Crippen molar-refractivity contribution in [1.82, 2.24) is 4.90 Å². The lowest BCUT2D eigenvalue weighted by atomic mass is 10.2. The number of hydrogen-bond donors (Lipinski definition) is 2. The SMILES string of the molecule is CN(C)CC1CCCN1c1ccc(N)c(N)c1. The third kappa shape index (κ3) is 2.64. The van der Waals surface area contributed by atoms with Crippen LogP contribution in [0.2, 0.25) is 0 Å². The molecule has 2 rings (SSSR count). The fourth-order valence-corrected chi connectivity index (χ4v) is 2.53. The summed E-state index contributed by atoms with van der Waals surface area (Å²) in [5.74, 6) is 0. The highest BCUT2D eigenvalue weighted by atomic mass is 15.2. The summed E-state index contributed by atoms with van der Waals surface area (Å²) in [6.45, 7) is 2.20. The lowest BCUT2D eigenvalue weighted by Crippen LogP contribution is -2.37. The molecule has 1 atom stereocenters. The monoisotopic (exact) mass is 234 g/mol. The first-order valence-corrected chi connectivity index (χ1v) is 6.14. The predicted octanol–water partition coefficient (Wildman–Crippen LogP) is 1.38. The summed E-state index contributed by atoms with van der Waals surface area (Å²) in [7, 11) is 4.24. The van der Waals surface area contributed by atoms with Crippen LogP contribution in [0.4, 0.5) is 17.1 Å². The van der Waals surface area contributed by atoms with Crippen LogP contribution in [0.15, 0.2) is 18.2 Å². The molecule has 1 saturated heterocycles. The molecule has 1 aliphatic heterocycles. The fourth-order valence-electron chi connectivity index (χ4n) is 2.53. The third-order valence-electron chi connectivity index (χ3n) is 3.36. The van der Waals surface area contributed by atoms with E-state index >= 15 is 0 Å². The van der Waals surface area contributed by atoms with Gasteiger partial charge in [-0.25, -0.2) is 0 Å². The molecule has 1 aromatic rings. The topological polar surface area (TPSA) is 58.5 Å². The maximum Gasteiger partial charge on any atom is 0.0568 e. The Morgan fingerprint density at radius 3 is 2.71 bits per heavy atom. The molecule has 1 heterocycles. The molecule has 4 nitrogen and oxygen atoms in total. The second-order valence-corrected chi connectivity index (χ2v) is 5.06. The number of likely N-dealkylation sites (N-methyl/N-ethyl adjacent to an activating group) is 1. The van der Waals surface area contributed by atoms with E-state index in [1.807, 2.05) is 12.1 Å². The summed E-state index contributed by atoms with van der Waals surface area (Å²) in [6, 6.07) is 6.55. The zero-order chi connectivity index (χ0) is 12.4. The van der Waals surface area contributed by atoms with E-state index in [2.05, 4.69) is 30.0 Å². The average Bonchev–Trinajstić information content (AvgIpc) is 2.69. The van der Waals surface area contributed by atoms with Crippen molar-refractivity contribution in [1.29, 1.82) is 0 Å². The minimum Gasteiger partial charge on any atom is -0.397 e. The highest BCUT2D eigenvalue weighted by Crippen LogP contribution is 2.29. The number of nitrogens with zero attached hydrogens (tertiary/aromatic N) is 2. The smallest absolute Gasteiger partial charge is 0.0568 e. The number of rotatable bonds is 3. The minimum atomic E-state index is 0.591. The molecule has 4 heteroatoms. The number of anilines is 3. The summed E-state index contributed by atoms with van der Waals surface area (Å²) in [5, 5.41) is 0. The van der Waals surface area contributed by atoms with Crippen molar-refractivity contribution >= 4 is 17.1 Å². The maximum atomic E-state index is 5.87. The van der Waals surface area contributed by atoms with Crippen molar-refractivity contribution in [3.05, 3.63) is 18.2 Å². The van der Waals surface area contributed by atoms with Gasteiger partial charge in [0.15, 0.2) is 0 Å². The van der Waals surface area contributed by atoms with E-state index in [4.69, 9.17) is 11.5 Å². The van der Waals surface area contributed by atoms with Gasteiger partial charge in [-0.15, -0.1) is 0 Å². The molecule has 0 aromatic heterocycles.